The first kappa shape index (κ1) is 20.9. The zero-order valence-electron chi connectivity index (χ0n) is 17.9. The van der Waals surface area contributed by atoms with Gasteiger partial charge in [0, 0.05) is 6.42 Å². The quantitative estimate of drug-likeness (QED) is 0.495. The van der Waals surface area contributed by atoms with Crippen LogP contribution in [0.3, 0.4) is 0 Å². The zero-order chi connectivity index (χ0) is 22.2. The van der Waals surface area contributed by atoms with Crippen molar-refractivity contribution in [2.24, 2.45) is 0 Å². The molecule has 2 aromatic heterocycles. The van der Waals surface area contributed by atoms with Crippen LogP contribution in [-0.4, -0.2) is 21.7 Å². The van der Waals surface area contributed by atoms with Gasteiger partial charge in [-0.2, -0.15) is 14.6 Å². The molecule has 4 rings (SSSR count). The number of nitrogens with zero attached hydrogens (tertiary/aromatic N) is 3. The van der Waals surface area contributed by atoms with E-state index in [1.165, 1.54) is 21.4 Å². The molecule has 2 aromatic carbocycles. The average molecular weight is 434 g/mol. The number of rotatable bonds is 4. The van der Waals surface area contributed by atoms with Gasteiger partial charge in [-0.1, -0.05) is 68.5 Å². The Morgan fingerprint density at radius 3 is 2.32 bits per heavy atom. The Labute approximate surface area is 183 Å². The number of hydrogen-bond donors (Lipinski definition) is 0. The molecule has 4 aromatic rings. The Hall–Kier alpha value is -3.32. The van der Waals surface area contributed by atoms with Crippen molar-refractivity contribution in [2.75, 3.05) is 7.11 Å². The van der Waals surface area contributed by atoms with E-state index in [4.69, 9.17) is 4.74 Å². The van der Waals surface area contributed by atoms with Gasteiger partial charge in [0.1, 0.15) is 11.4 Å². The molecular formula is C24H23N3O3S. The highest BCUT2D eigenvalue weighted by atomic mass is 32.1. The van der Waals surface area contributed by atoms with Crippen molar-refractivity contribution >= 4 is 22.4 Å². The van der Waals surface area contributed by atoms with Crippen molar-refractivity contribution in [3.8, 4) is 5.75 Å². The topological polar surface area (TPSA) is 73.6 Å². The van der Waals surface area contributed by atoms with E-state index < -0.39 is 5.56 Å². The van der Waals surface area contributed by atoms with Crippen LogP contribution < -0.4 is 20.4 Å². The minimum absolute atomic E-state index is 0.0638. The van der Waals surface area contributed by atoms with Crippen LogP contribution in [0.4, 0.5) is 0 Å². The fraction of sp³-hybridized carbons (Fsp3) is 0.250. The Morgan fingerprint density at radius 1 is 1.03 bits per heavy atom. The number of ether oxygens (including phenoxy) is 1. The van der Waals surface area contributed by atoms with Crippen molar-refractivity contribution in [1.82, 2.24) is 14.6 Å². The molecule has 0 saturated heterocycles. The maximum atomic E-state index is 12.9. The molecule has 31 heavy (non-hydrogen) atoms. The molecule has 0 aliphatic rings. The summed E-state index contributed by atoms with van der Waals surface area (Å²) < 4.78 is 6.87. The van der Waals surface area contributed by atoms with Crippen LogP contribution >= 0.6 is 11.3 Å². The van der Waals surface area contributed by atoms with Gasteiger partial charge in [0.2, 0.25) is 4.96 Å². The number of thiazole rings is 1. The van der Waals surface area contributed by atoms with Gasteiger partial charge >= 0.3 is 0 Å². The van der Waals surface area contributed by atoms with Crippen LogP contribution in [0.15, 0.2) is 58.1 Å². The van der Waals surface area contributed by atoms with E-state index in [2.05, 4.69) is 43.0 Å². The maximum absolute atomic E-state index is 12.9. The summed E-state index contributed by atoms with van der Waals surface area (Å²) in [7, 11) is 1.60. The Balaban J connectivity index is 1.71. The van der Waals surface area contributed by atoms with Crippen LogP contribution in [0.2, 0.25) is 0 Å². The smallest absolute Gasteiger partial charge is 0.296 e. The normalized spacial score (nSPS) is 12.5. The molecule has 0 aliphatic carbocycles. The van der Waals surface area contributed by atoms with E-state index in [1.54, 1.807) is 7.11 Å². The second kappa shape index (κ2) is 8.07. The van der Waals surface area contributed by atoms with Crippen LogP contribution in [0, 0.1) is 0 Å². The summed E-state index contributed by atoms with van der Waals surface area (Å²) in [5.41, 5.74) is 2.63. The first-order chi connectivity index (χ1) is 14.7. The first-order valence-electron chi connectivity index (χ1n) is 9.92. The van der Waals surface area contributed by atoms with E-state index in [9.17, 15) is 9.59 Å². The zero-order valence-corrected chi connectivity index (χ0v) is 18.7. The van der Waals surface area contributed by atoms with E-state index in [0.29, 0.717) is 15.9 Å². The summed E-state index contributed by atoms with van der Waals surface area (Å²) in [6.07, 6.45) is 2.10. The first-order valence-corrected chi connectivity index (χ1v) is 10.7. The minimum Gasteiger partial charge on any atom is -0.497 e. The molecule has 6 nitrogen and oxygen atoms in total. The summed E-state index contributed by atoms with van der Waals surface area (Å²) >= 11 is 1.17. The minimum atomic E-state index is -0.418. The van der Waals surface area contributed by atoms with Crippen molar-refractivity contribution in [3.05, 3.63) is 96.2 Å². The Bertz CT molecular complexity index is 1400. The van der Waals surface area contributed by atoms with Gasteiger partial charge in [0.15, 0.2) is 0 Å². The maximum Gasteiger partial charge on any atom is 0.296 e. The number of aromatic nitrogens is 3. The van der Waals surface area contributed by atoms with Crippen LogP contribution in [-0.2, 0) is 11.8 Å². The Kier molecular flexibility index (Phi) is 5.45. The van der Waals surface area contributed by atoms with Crippen molar-refractivity contribution in [3.63, 3.8) is 0 Å². The molecule has 0 bridgehead atoms. The molecule has 0 atom stereocenters. The average Bonchev–Trinajstić information content (AvgIpc) is 3.03. The number of methoxy groups -OCH3 is 1. The van der Waals surface area contributed by atoms with Gasteiger partial charge in [-0.05, 0) is 40.3 Å². The molecule has 0 radical (unpaired) electrons. The van der Waals surface area contributed by atoms with Crippen molar-refractivity contribution in [1.29, 1.82) is 0 Å². The summed E-state index contributed by atoms with van der Waals surface area (Å²) in [4.78, 5) is 29.7. The van der Waals surface area contributed by atoms with Crippen molar-refractivity contribution in [2.45, 2.75) is 32.6 Å². The van der Waals surface area contributed by atoms with Crippen LogP contribution in [0.1, 0.15) is 43.2 Å². The van der Waals surface area contributed by atoms with Gasteiger partial charge in [-0.15, -0.1) is 0 Å². The monoisotopic (exact) mass is 433 g/mol. The molecule has 0 amide bonds. The molecule has 0 unspecified atom stereocenters. The fourth-order valence-corrected chi connectivity index (χ4v) is 4.12. The summed E-state index contributed by atoms with van der Waals surface area (Å²) in [6.45, 7) is 6.47. The van der Waals surface area contributed by atoms with Gasteiger partial charge in [-0.3, -0.25) is 9.59 Å². The standard InChI is InChI=1S/C24H23N3O3S/c1-24(2,3)17-9-5-16(6-10-17)14-20-22(29)27-23(31-20)25-21(28)19(26-27)13-15-7-11-18(30-4)12-8-15/h5-12,14H,13H2,1-4H3/b20-14+. The number of fused-ring (bicyclic) bond motifs is 1. The molecule has 158 valence electrons. The fourth-order valence-electron chi connectivity index (χ4n) is 3.22. The van der Waals surface area contributed by atoms with Gasteiger partial charge in [0.05, 0.1) is 11.6 Å². The molecule has 0 N–H and O–H groups in total. The molecule has 0 aliphatic heterocycles. The SMILES string of the molecule is COc1ccc(Cc2nn3c(=O)/c(=C\c4ccc(C(C)(C)C)cc4)sc3nc2=O)cc1. The molecule has 0 saturated carbocycles. The highest BCUT2D eigenvalue weighted by Crippen LogP contribution is 2.22. The molecule has 7 heteroatoms. The third kappa shape index (κ3) is 4.41. The molecular weight excluding hydrogens is 410 g/mol. The predicted octanol–water partition coefficient (Wildman–Crippen LogP) is 2.96. The lowest BCUT2D eigenvalue weighted by atomic mass is 9.87. The molecule has 0 fully saturated rings. The lowest BCUT2D eigenvalue weighted by Crippen LogP contribution is -2.28. The molecule has 0 spiro atoms. The van der Waals surface area contributed by atoms with E-state index in [0.717, 1.165) is 16.9 Å². The largest absolute Gasteiger partial charge is 0.497 e. The van der Waals surface area contributed by atoms with E-state index in [-0.39, 0.29) is 16.7 Å². The second-order valence-electron chi connectivity index (χ2n) is 8.37. The van der Waals surface area contributed by atoms with Crippen molar-refractivity contribution < 1.29 is 4.74 Å². The summed E-state index contributed by atoms with van der Waals surface area (Å²) in [5.74, 6) is 0.734. The Morgan fingerprint density at radius 2 is 1.71 bits per heavy atom. The predicted molar refractivity (Wildman–Crippen MR) is 123 cm³/mol. The van der Waals surface area contributed by atoms with Crippen LogP contribution in [0.5, 0.6) is 5.75 Å². The molecule has 2 heterocycles. The summed E-state index contributed by atoms with van der Waals surface area (Å²) in [6, 6.07) is 15.5. The van der Waals surface area contributed by atoms with Gasteiger partial charge in [0.25, 0.3) is 11.1 Å². The highest BCUT2D eigenvalue weighted by molar-refractivity contribution is 7.15. The van der Waals surface area contributed by atoms with E-state index in [1.807, 2.05) is 42.5 Å². The summed E-state index contributed by atoms with van der Waals surface area (Å²) in [5, 5.41) is 4.31. The lowest BCUT2D eigenvalue weighted by Gasteiger charge is -2.18. The van der Waals surface area contributed by atoms with Crippen LogP contribution in [0.25, 0.3) is 11.0 Å². The van der Waals surface area contributed by atoms with E-state index >= 15 is 0 Å². The third-order valence-corrected chi connectivity index (χ3v) is 6.01. The third-order valence-electron chi connectivity index (χ3n) is 5.06. The number of hydrogen-bond acceptors (Lipinski definition) is 6. The lowest BCUT2D eigenvalue weighted by molar-refractivity contribution is 0.414. The highest BCUT2D eigenvalue weighted by Gasteiger charge is 2.14. The van der Waals surface area contributed by atoms with Gasteiger partial charge in [-0.25, -0.2) is 0 Å². The number of benzene rings is 2. The van der Waals surface area contributed by atoms with Gasteiger partial charge < -0.3 is 4.74 Å². The second-order valence-corrected chi connectivity index (χ2v) is 9.38.